The van der Waals surface area contributed by atoms with Gasteiger partial charge in [0.05, 0.1) is 19.8 Å². The average molecular weight is 393 g/mol. The molecule has 0 saturated carbocycles. The van der Waals surface area contributed by atoms with Crippen molar-refractivity contribution in [2.24, 2.45) is 4.99 Å². The first-order chi connectivity index (χ1) is 14.0. The number of hydrogen-bond acceptors (Lipinski definition) is 5. The Labute approximate surface area is 169 Å². The Balaban J connectivity index is 1.49. The zero-order chi connectivity index (χ0) is 20.4. The lowest BCUT2D eigenvalue weighted by Gasteiger charge is -2.37. The van der Waals surface area contributed by atoms with Crippen LogP contribution in [0.2, 0.25) is 0 Å². The molecule has 0 radical (unpaired) electrons. The number of amides is 2. The summed E-state index contributed by atoms with van der Waals surface area (Å²) in [5.74, 6) is 1.04. The molecular weight excluding hydrogens is 370 g/mol. The number of nitrogens with one attached hydrogen (secondary N) is 1. The van der Waals surface area contributed by atoms with E-state index in [2.05, 4.69) is 5.32 Å². The third-order valence-electron chi connectivity index (χ3n) is 5.47. The van der Waals surface area contributed by atoms with Crippen LogP contribution in [0.1, 0.15) is 28.8 Å². The molecule has 4 rings (SSSR count). The van der Waals surface area contributed by atoms with E-state index in [1.54, 1.807) is 31.3 Å². The molecule has 2 aromatic carbocycles. The van der Waals surface area contributed by atoms with Gasteiger partial charge in [0.15, 0.2) is 0 Å². The first-order valence-electron chi connectivity index (χ1n) is 9.54. The summed E-state index contributed by atoms with van der Waals surface area (Å²) >= 11 is 0. The molecule has 0 aliphatic carbocycles. The molecule has 2 aromatic rings. The van der Waals surface area contributed by atoms with E-state index in [0.29, 0.717) is 43.0 Å². The highest BCUT2D eigenvalue weighted by Gasteiger charge is 2.43. The fourth-order valence-electron chi connectivity index (χ4n) is 3.82. The third-order valence-corrected chi connectivity index (χ3v) is 5.47. The topological polar surface area (TPSA) is 80.2 Å². The summed E-state index contributed by atoms with van der Waals surface area (Å²) in [5, 5.41) is 3.03. The van der Waals surface area contributed by atoms with Gasteiger partial charge in [-0.2, -0.15) is 0 Å². The van der Waals surface area contributed by atoms with E-state index in [1.165, 1.54) is 0 Å². The molecule has 7 heteroatoms. The van der Waals surface area contributed by atoms with Gasteiger partial charge in [-0.3, -0.25) is 14.6 Å². The number of carbonyl (C=O) groups excluding carboxylic acids is 2. The Kier molecular flexibility index (Phi) is 4.96. The molecule has 2 aliphatic heterocycles. The van der Waals surface area contributed by atoms with Crippen molar-refractivity contribution in [3.63, 3.8) is 0 Å². The van der Waals surface area contributed by atoms with Crippen LogP contribution in [0.4, 0.5) is 0 Å². The minimum Gasteiger partial charge on any atom is -0.497 e. The standard InChI is InChI=1S/C22H23N3O4/c1-28-16-9-7-15(8-10-16)19-20(26)24-22(23-19)11-13-25(14-12-22)21(27)17-5-3-4-6-18(17)29-2/h3-10H,11-14H2,1-2H3,(H,24,26). The van der Waals surface area contributed by atoms with E-state index in [1.807, 2.05) is 36.4 Å². The Morgan fingerprint density at radius 1 is 1.03 bits per heavy atom. The molecular formula is C22H23N3O4. The summed E-state index contributed by atoms with van der Waals surface area (Å²) in [4.78, 5) is 32.0. The lowest BCUT2D eigenvalue weighted by atomic mass is 9.97. The van der Waals surface area contributed by atoms with Crippen LogP contribution < -0.4 is 14.8 Å². The van der Waals surface area contributed by atoms with Crippen molar-refractivity contribution >= 4 is 17.5 Å². The zero-order valence-electron chi connectivity index (χ0n) is 16.5. The van der Waals surface area contributed by atoms with Crippen molar-refractivity contribution in [1.82, 2.24) is 10.2 Å². The molecule has 1 N–H and O–H groups in total. The lowest BCUT2D eigenvalue weighted by molar-refractivity contribution is -0.115. The normalized spacial score (nSPS) is 17.7. The number of nitrogens with zero attached hydrogens (tertiary/aromatic N) is 2. The quantitative estimate of drug-likeness (QED) is 0.864. The smallest absolute Gasteiger partial charge is 0.272 e. The Bertz CT molecular complexity index is 960. The molecule has 2 aliphatic rings. The predicted molar refractivity (Wildman–Crippen MR) is 109 cm³/mol. The maximum absolute atomic E-state index is 12.9. The van der Waals surface area contributed by atoms with Gasteiger partial charge in [-0.15, -0.1) is 0 Å². The van der Waals surface area contributed by atoms with E-state index in [4.69, 9.17) is 14.5 Å². The van der Waals surface area contributed by atoms with Gasteiger partial charge in [-0.05, 0) is 36.4 Å². The van der Waals surface area contributed by atoms with Crippen molar-refractivity contribution in [1.29, 1.82) is 0 Å². The number of likely N-dealkylation sites (tertiary alicyclic amines) is 1. The van der Waals surface area contributed by atoms with Crippen molar-refractivity contribution in [3.05, 3.63) is 59.7 Å². The molecule has 0 bridgehead atoms. The maximum Gasteiger partial charge on any atom is 0.272 e. The predicted octanol–water partition coefficient (Wildman–Crippen LogP) is 2.26. The van der Waals surface area contributed by atoms with E-state index < -0.39 is 5.66 Å². The Morgan fingerprint density at radius 3 is 2.38 bits per heavy atom. The number of hydrogen-bond donors (Lipinski definition) is 1. The van der Waals surface area contributed by atoms with E-state index in [0.717, 1.165) is 11.3 Å². The summed E-state index contributed by atoms with van der Waals surface area (Å²) in [7, 11) is 3.16. The first kappa shape index (κ1) is 19.0. The van der Waals surface area contributed by atoms with Gasteiger partial charge in [0.1, 0.15) is 22.9 Å². The monoisotopic (exact) mass is 393 g/mol. The van der Waals surface area contributed by atoms with Crippen molar-refractivity contribution < 1.29 is 19.1 Å². The number of aliphatic imine (C=N–C) groups is 1. The molecule has 2 heterocycles. The summed E-state index contributed by atoms with van der Waals surface area (Å²) in [6.45, 7) is 1.02. The number of piperidine rings is 1. The zero-order valence-corrected chi connectivity index (χ0v) is 16.5. The molecule has 1 saturated heterocycles. The number of ether oxygens (including phenoxy) is 2. The molecule has 0 aromatic heterocycles. The summed E-state index contributed by atoms with van der Waals surface area (Å²) in [5.41, 5.74) is 1.08. The van der Waals surface area contributed by atoms with Crippen molar-refractivity contribution in [2.75, 3.05) is 27.3 Å². The highest BCUT2D eigenvalue weighted by Crippen LogP contribution is 2.30. The highest BCUT2D eigenvalue weighted by molar-refractivity contribution is 6.46. The highest BCUT2D eigenvalue weighted by atomic mass is 16.5. The molecule has 29 heavy (non-hydrogen) atoms. The van der Waals surface area contributed by atoms with Crippen LogP contribution in [0.5, 0.6) is 11.5 Å². The molecule has 7 nitrogen and oxygen atoms in total. The minimum absolute atomic E-state index is 0.0685. The number of rotatable bonds is 4. The largest absolute Gasteiger partial charge is 0.497 e. The van der Waals surface area contributed by atoms with Crippen LogP contribution in [0.15, 0.2) is 53.5 Å². The van der Waals surface area contributed by atoms with Gasteiger partial charge >= 0.3 is 0 Å². The minimum atomic E-state index is -0.649. The number of carbonyl (C=O) groups is 2. The van der Waals surface area contributed by atoms with Gasteiger partial charge in [-0.25, -0.2) is 0 Å². The van der Waals surface area contributed by atoms with Gasteiger partial charge in [0.25, 0.3) is 11.8 Å². The fraction of sp³-hybridized carbons (Fsp3) is 0.318. The second-order valence-corrected chi connectivity index (χ2v) is 7.17. The van der Waals surface area contributed by atoms with Crippen LogP contribution >= 0.6 is 0 Å². The molecule has 1 spiro atoms. The maximum atomic E-state index is 12.9. The average Bonchev–Trinajstić information content (AvgIpc) is 3.09. The lowest BCUT2D eigenvalue weighted by Crippen LogP contribution is -2.52. The van der Waals surface area contributed by atoms with Gasteiger partial charge < -0.3 is 19.7 Å². The van der Waals surface area contributed by atoms with E-state index in [9.17, 15) is 9.59 Å². The number of benzene rings is 2. The Morgan fingerprint density at radius 2 is 1.72 bits per heavy atom. The second kappa shape index (κ2) is 7.58. The molecule has 0 atom stereocenters. The summed E-state index contributed by atoms with van der Waals surface area (Å²) in [6.07, 6.45) is 1.14. The summed E-state index contributed by atoms with van der Waals surface area (Å²) in [6, 6.07) is 14.5. The van der Waals surface area contributed by atoms with E-state index >= 15 is 0 Å². The van der Waals surface area contributed by atoms with Crippen molar-refractivity contribution in [3.8, 4) is 11.5 Å². The fourth-order valence-corrected chi connectivity index (χ4v) is 3.82. The second-order valence-electron chi connectivity index (χ2n) is 7.17. The number of methoxy groups -OCH3 is 2. The van der Waals surface area contributed by atoms with Gasteiger partial charge in [0, 0.05) is 31.5 Å². The van der Waals surface area contributed by atoms with Crippen LogP contribution in [0.25, 0.3) is 0 Å². The van der Waals surface area contributed by atoms with Crippen LogP contribution in [0, 0.1) is 0 Å². The molecule has 1 fully saturated rings. The molecule has 150 valence electrons. The third kappa shape index (κ3) is 3.55. The van der Waals surface area contributed by atoms with Crippen LogP contribution in [0.3, 0.4) is 0 Å². The van der Waals surface area contributed by atoms with Crippen LogP contribution in [-0.4, -0.2) is 55.4 Å². The van der Waals surface area contributed by atoms with E-state index in [-0.39, 0.29) is 11.8 Å². The van der Waals surface area contributed by atoms with Gasteiger partial charge in [0.2, 0.25) is 0 Å². The molecule has 2 amide bonds. The Hall–Kier alpha value is -3.35. The van der Waals surface area contributed by atoms with Crippen molar-refractivity contribution in [2.45, 2.75) is 18.5 Å². The first-order valence-corrected chi connectivity index (χ1v) is 9.54. The summed E-state index contributed by atoms with van der Waals surface area (Å²) < 4.78 is 10.5. The SMILES string of the molecule is COc1ccc(C2=NC3(CCN(C(=O)c4ccccc4OC)CC3)NC2=O)cc1. The molecule has 0 unspecified atom stereocenters. The number of para-hydroxylation sites is 1. The van der Waals surface area contributed by atoms with Gasteiger partial charge in [-0.1, -0.05) is 12.1 Å². The van der Waals surface area contributed by atoms with Crippen LogP contribution in [-0.2, 0) is 4.79 Å².